The highest BCUT2D eigenvalue weighted by Gasteiger charge is 2.23. The highest BCUT2D eigenvalue weighted by Crippen LogP contribution is 2.17. The third-order valence-electron chi connectivity index (χ3n) is 3.26. The van der Waals surface area contributed by atoms with E-state index in [1.165, 1.54) is 4.90 Å². The fourth-order valence-electron chi connectivity index (χ4n) is 2.00. The molecular formula is C19H27NO4. The van der Waals surface area contributed by atoms with Gasteiger partial charge in [0.15, 0.2) is 0 Å². The standard InChI is InChI=1S/C19H27NO4/c1-6-10-15(17(21)23-16-11-8-7-9-12-16)13-14-20(5)18(22)24-19(2,3)4/h6-9,11-12,15H,1,10,13-14H2,2-5H3. The molecule has 1 aromatic carbocycles. The van der Waals surface area contributed by atoms with Crippen LogP contribution in [0.1, 0.15) is 33.6 Å². The number of rotatable bonds is 7. The van der Waals surface area contributed by atoms with E-state index in [-0.39, 0.29) is 11.9 Å². The molecule has 1 atom stereocenters. The first kappa shape index (κ1) is 19.7. The summed E-state index contributed by atoms with van der Waals surface area (Å²) in [4.78, 5) is 25.7. The number of benzene rings is 1. The number of hydrogen-bond donors (Lipinski definition) is 0. The topological polar surface area (TPSA) is 55.8 Å². The van der Waals surface area contributed by atoms with Gasteiger partial charge >= 0.3 is 12.1 Å². The zero-order valence-electron chi connectivity index (χ0n) is 15.0. The Hall–Kier alpha value is -2.30. The van der Waals surface area contributed by atoms with Crippen molar-refractivity contribution < 1.29 is 19.1 Å². The normalized spacial score (nSPS) is 12.2. The van der Waals surface area contributed by atoms with Gasteiger partial charge in [0.1, 0.15) is 11.4 Å². The van der Waals surface area contributed by atoms with E-state index in [0.717, 1.165) is 0 Å². The molecule has 1 rings (SSSR count). The molecule has 0 heterocycles. The summed E-state index contributed by atoms with van der Waals surface area (Å²) in [7, 11) is 1.65. The van der Waals surface area contributed by atoms with E-state index in [0.29, 0.717) is 25.1 Å². The number of carbonyl (C=O) groups excluding carboxylic acids is 2. The lowest BCUT2D eigenvalue weighted by atomic mass is 10.0. The van der Waals surface area contributed by atoms with Gasteiger partial charge in [-0.25, -0.2) is 4.79 Å². The van der Waals surface area contributed by atoms with Gasteiger partial charge in [-0.15, -0.1) is 6.58 Å². The summed E-state index contributed by atoms with van der Waals surface area (Å²) in [5, 5.41) is 0. The molecule has 0 aliphatic rings. The Bertz CT molecular complexity index is 548. The van der Waals surface area contributed by atoms with Gasteiger partial charge in [-0.1, -0.05) is 24.3 Å². The van der Waals surface area contributed by atoms with E-state index in [4.69, 9.17) is 9.47 Å². The minimum absolute atomic E-state index is 0.321. The molecule has 0 aliphatic carbocycles. The molecule has 5 heteroatoms. The van der Waals surface area contributed by atoms with Crippen molar-refractivity contribution in [3.8, 4) is 5.75 Å². The molecule has 0 aromatic heterocycles. The van der Waals surface area contributed by atoms with Gasteiger partial charge in [-0.3, -0.25) is 4.79 Å². The van der Waals surface area contributed by atoms with Gasteiger partial charge in [0.05, 0.1) is 5.92 Å². The first-order chi connectivity index (χ1) is 11.2. The molecule has 0 aliphatic heterocycles. The van der Waals surface area contributed by atoms with E-state index >= 15 is 0 Å². The molecule has 1 unspecified atom stereocenters. The Morgan fingerprint density at radius 2 is 1.88 bits per heavy atom. The van der Waals surface area contributed by atoms with Crippen LogP contribution >= 0.6 is 0 Å². The summed E-state index contributed by atoms with van der Waals surface area (Å²) in [6, 6.07) is 8.93. The molecule has 0 spiro atoms. The second kappa shape index (κ2) is 9.11. The predicted molar refractivity (Wildman–Crippen MR) is 93.9 cm³/mol. The third-order valence-corrected chi connectivity index (χ3v) is 3.26. The fraction of sp³-hybridized carbons (Fsp3) is 0.474. The highest BCUT2D eigenvalue weighted by atomic mass is 16.6. The van der Waals surface area contributed by atoms with Crippen LogP contribution in [0.2, 0.25) is 0 Å². The van der Waals surface area contributed by atoms with E-state index < -0.39 is 11.7 Å². The Balaban J connectivity index is 2.57. The quantitative estimate of drug-likeness (QED) is 0.429. The second-order valence-electron chi connectivity index (χ2n) is 6.65. The van der Waals surface area contributed by atoms with Gasteiger partial charge < -0.3 is 14.4 Å². The van der Waals surface area contributed by atoms with Gasteiger partial charge in [-0.05, 0) is 45.7 Å². The van der Waals surface area contributed by atoms with Crippen molar-refractivity contribution in [1.82, 2.24) is 4.90 Å². The number of amides is 1. The van der Waals surface area contributed by atoms with Crippen LogP contribution in [0.15, 0.2) is 43.0 Å². The van der Waals surface area contributed by atoms with Crippen molar-refractivity contribution in [2.24, 2.45) is 5.92 Å². The Morgan fingerprint density at radius 3 is 2.42 bits per heavy atom. The summed E-state index contributed by atoms with van der Waals surface area (Å²) in [5.74, 6) is -0.164. The summed E-state index contributed by atoms with van der Waals surface area (Å²) in [6.07, 6.45) is 2.25. The largest absolute Gasteiger partial charge is 0.444 e. The van der Waals surface area contributed by atoms with Crippen LogP contribution in [0, 0.1) is 5.92 Å². The second-order valence-corrected chi connectivity index (χ2v) is 6.65. The third kappa shape index (κ3) is 7.31. The molecule has 5 nitrogen and oxygen atoms in total. The molecule has 24 heavy (non-hydrogen) atoms. The number of carbonyl (C=O) groups is 2. The molecule has 0 saturated carbocycles. The van der Waals surface area contributed by atoms with Crippen LogP contribution in [0.5, 0.6) is 5.75 Å². The molecular weight excluding hydrogens is 306 g/mol. The lowest BCUT2D eigenvalue weighted by molar-refractivity contribution is -0.139. The summed E-state index contributed by atoms with van der Waals surface area (Å²) in [5.41, 5.74) is -0.544. The van der Waals surface area contributed by atoms with Crippen LogP contribution < -0.4 is 4.74 Å². The van der Waals surface area contributed by atoms with Crippen LogP contribution in [0.3, 0.4) is 0 Å². The molecule has 0 saturated heterocycles. The molecule has 0 radical (unpaired) electrons. The van der Waals surface area contributed by atoms with Gasteiger partial charge in [0.2, 0.25) is 0 Å². The zero-order chi connectivity index (χ0) is 18.2. The fourth-order valence-corrected chi connectivity index (χ4v) is 2.00. The Labute approximate surface area is 144 Å². The number of para-hydroxylation sites is 1. The average molecular weight is 333 g/mol. The van der Waals surface area contributed by atoms with Crippen molar-refractivity contribution in [3.05, 3.63) is 43.0 Å². The first-order valence-corrected chi connectivity index (χ1v) is 8.04. The van der Waals surface area contributed by atoms with Crippen LogP contribution in [-0.4, -0.2) is 36.2 Å². The van der Waals surface area contributed by atoms with Crippen LogP contribution in [0.4, 0.5) is 4.79 Å². The monoisotopic (exact) mass is 333 g/mol. The molecule has 132 valence electrons. The van der Waals surface area contributed by atoms with Crippen LogP contribution in [-0.2, 0) is 9.53 Å². The van der Waals surface area contributed by atoms with Crippen molar-refractivity contribution in [3.63, 3.8) is 0 Å². The van der Waals surface area contributed by atoms with E-state index in [1.54, 1.807) is 37.4 Å². The smallest absolute Gasteiger partial charge is 0.410 e. The van der Waals surface area contributed by atoms with Crippen LogP contribution in [0.25, 0.3) is 0 Å². The van der Waals surface area contributed by atoms with E-state index in [1.807, 2.05) is 26.8 Å². The number of allylic oxidation sites excluding steroid dienone is 1. The van der Waals surface area contributed by atoms with Crippen molar-refractivity contribution in [2.45, 2.75) is 39.2 Å². The zero-order valence-corrected chi connectivity index (χ0v) is 15.0. The Morgan fingerprint density at radius 1 is 1.25 bits per heavy atom. The molecule has 1 aromatic rings. The summed E-state index contributed by atoms with van der Waals surface area (Å²) >= 11 is 0. The molecule has 0 fully saturated rings. The number of hydrogen-bond acceptors (Lipinski definition) is 4. The molecule has 0 bridgehead atoms. The van der Waals surface area contributed by atoms with E-state index in [9.17, 15) is 9.59 Å². The highest BCUT2D eigenvalue weighted by molar-refractivity contribution is 5.75. The first-order valence-electron chi connectivity index (χ1n) is 8.04. The number of ether oxygens (including phenoxy) is 2. The maximum absolute atomic E-state index is 12.3. The SMILES string of the molecule is C=CCC(CCN(C)C(=O)OC(C)(C)C)C(=O)Oc1ccccc1. The van der Waals surface area contributed by atoms with Gasteiger partial charge in [-0.2, -0.15) is 0 Å². The lowest BCUT2D eigenvalue weighted by Gasteiger charge is -2.25. The number of nitrogens with zero attached hydrogens (tertiary/aromatic N) is 1. The number of esters is 1. The van der Waals surface area contributed by atoms with Crippen molar-refractivity contribution in [2.75, 3.05) is 13.6 Å². The maximum atomic E-state index is 12.3. The summed E-state index contributed by atoms with van der Waals surface area (Å²) < 4.78 is 10.7. The van der Waals surface area contributed by atoms with Gasteiger partial charge in [0, 0.05) is 13.6 Å². The van der Waals surface area contributed by atoms with E-state index in [2.05, 4.69) is 6.58 Å². The molecule has 0 N–H and O–H groups in total. The van der Waals surface area contributed by atoms with Gasteiger partial charge in [0.25, 0.3) is 0 Å². The minimum Gasteiger partial charge on any atom is -0.444 e. The molecule has 1 amide bonds. The summed E-state index contributed by atoms with van der Waals surface area (Å²) in [6.45, 7) is 9.54. The lowest BCUT2D eigenvalue weighted by Crippen LogP contribution is -2.36. The average Bonchev–Trinajstić information content (AvgIpc) is 2.50. The predicted octanol–water partition coefficient (Wildman–Crippen LogP) is 4.04. The Kier molecular flexibility index (Phi) is 7.49. The van der Waals surface area contributed by atoms with Crippen molar-refractivity contribution >= 4 is 12.1 Å². The van der Waals surface area contributed by atoms with Crippen molar-refractivity contribution in [1.29, 1.82) is 0 Å². The minimum atomic E-state index is -0.544. The maximum Gasteiger partial charge on any atom is 0.410 e.